The minimum absolute atomic E-state index is 0.259. The van der Waals surface area contributed by atoms with Crippen molar-refractivity contribution in [2.24, 2.45) is 4.99 Å². The van der Waals surface area contributed by atoms with Gasteiger partial charge in [-0.3, -0.25) is 4.79 Å². The van der Waals surface area contributed by atoms with Gasteiger partial charge in [0.25, 0.3) is 5.91 Å². The molecule has 0 spiro atoms. The van der Waals surface area contributed by atoms with Crippen LogP contribution in [-0.2, 0) is 17.8 Å². The topological polar surface area (TPSA) is 88.3 Å². The predicted molar refractivity (Wildman–Crippen MR) is 166 cm³/mol. The van der Waals surface area contributed by atoms with E-state index in [1.807, 2.05) is 19.9 Å². The molecule has 9 nitrogen and oxygen atoms in total. The van der Waals surface area contributed by atoms with Gasteiger partial charge in [-0.25, -0.2) is 14.4 Å². The first kappa shape index (κ1) is 28.9. The molecule has 1 aromatic carbocycles. The maximum absolute atomic E-state index is 13.7. The second-order valence-electron chi connectivity index (χ2n) is 12.1. The van der Waals surface area contributed by atoms with Crippen LogP contribution in [-0.4, -0.2) is 85.0 Å². The van der Waals surface area contributed by atoms with Crippen LogP contribution in [0.2, 0.25) is 0 Å². The van der Waals surface area contributed by atoms with Gasteiger partial charge in [0.2, 0.25) is 5.88 Å². The molecule has 1 unspecified atom stereocenters. The molecule has 2 aromatic rings. The van der Waals surface area contributed by atoms with Gasteiger partial charge in [0.1, 0.15) is 18.2 Å². The number of rotatable bonds is 6. The van der Waals surface area contributed by atoms with Crippen LogP contribution in [0.3, 0.4) is 0 Å². The molecular formula is C33H38FN7O2. The van der Waals surface area contributed by atoms with Crippen LogP contribution in [0.5, 0.6) is 5.88 Å². The molecule has 0 N–H and O–H groups in total. The van der Waals surface area contributed by atoms with Crippen LogP contribution in [0.25, 0.3) is 5.57 Å². The quantitative estimate of drug-likeness (QED) is 0.462. The molecule has 1 aromatic heterocycles. The van der Waals surface area contributed by atoms with Gasteiger partial charge >= 0.3 is 0 Å². The number of nitrogens with zero attached hydrogens (tertiary/aromatic N) is 7. The number of ether oxygens (including phenoxy) is 1. The molecular weight excluding hydrogens is 545 g/mol. The zero-order valence-corrected chi connectivity index (χ0v) is 25.4. The summed E-state index contributed by atoms with van der Waals surface area (Å²) in [6.45, 7) is 13.3. The molecule has 4 aliphatic rings. The second kappa shape index (κ2) is 11.5. The lowest BCUT2D eigenvalue weighted by molar-refractivity contribution is -0.131. The highest BCUT2D eigenvalue weighted by molar-refractivity contribution is 6.03. The number of aliphatic imine (C=N–C) groups is 1. The zero-order chi connectivity index (χ0) is 30.4. The average molecular weight is 584 g/mol. The number of nitriles is 1. The van der Waals surface area contributed by atoms with Crippen LogP contribution in [0.15, 0.2) is 29.5 Å². The van der Waals surface area contributed by atoms with Crippen molar-refractivity contribution < 1.29 is 13.9 Å². The molecule has 1 amide bonds. The SMILES string of the molecule is C=C(F)C(=O)N1CCN(c2c(C#N)c(OCC3CCCN3C)nc3c2CCN(c2c(C)ccc4c2C(C)=C=N4)C3)C[C@H]1C. The summed E-state index contributed by atoms with van der Waals surface area (Å²) < 4.78 is 20.1. The highest BCUT2D eigenvalue weighted by Crippen LogP contribution is 2.43. The number of pyridine rings is 1. The fourth-order valence-electron chi connectivity index (χ4n) is 7.02. The number of piperazine rings is 1. The van der Waals surface area contributed by atoms with Crippen molar-refractivity contribution in [2.75, 3.05) is 56.2 Å². The number of carbonyl (C=O) groups is 1. The maximum atomic E-state index is 13.7. The number of allylic oxidation sites excluding steroid dienone is 1. The summed E-state index contributed by atoms with van der Waals surface area (Å²) in [4.78, 5) is 30.3. The Morgan fingerprint density at radius 3 is 2.72 bits per heavy atom. The number of amides is 1. The normalized spacial score (nSPS) is 21.4. The first-order chi connectivity index (χ1) is 20.7. The molecule has 2 fully saturated rings. The Morgan fingerprint density at radius 2 is 2.02 bits per heavy atom. The smallest absolute Gasteiger partial charge is 0.282 e. The standard InChI is InChI=1S/C33H38FN7O2/c1-20-8-9-27-29(21(2)16-36-27)30(20)39-12-10-25-28(18-39)37-32(43-19-24-7-6-11-38(24)5)26(15-35)31(25)40-13-14-41(22(3)17-40)33(42)23(4)34/h8-9,22,24H,4,6-7,10-14,17-19H2,1-3,5H3/t22-,24?/m1/s1. The molecule has 0 radical (unpaired) electrons. The number of hydrogen-bond acceptors (Lipinski definition) is 8. The lowest BCUT2D eigenvalue weighted by Gasteiger charge is -2.43. The molecule has 0 saturated carbocycles. The number of aromatic nitrogens is 1. The van der Waals surface area contributed by atoms with Gasteiger partial charge in [0, 0.05) is 55.0 Å². The maximum Gasteiger partial charge on any atom is 0.282 e. The van der Waals surface area contributed by atoms with Crippen LogP contribution in [0, 0.1) is 18.3 Å². The third kappa shape index (κ3) is 5.17. The lowest BCUT2D eigenvalue weighted by atomic mass is 9.95. The summed E-state index contributed by atoms with van der Waals surface area (Å²) in [7, 11) is 2.10. The van der Waals surface area contributed by atoms with Gasteiger partial charge in [-0.1, -0.05) is 12.6 Å². The van der Waals surface area contributed by atoms with Crippen LogP contribution >= 0.6 is 0 Å². The molecule has 224 valence electrons. The van der Waals surface area contributed by atoms with Crippen LogP contribution < -0.4 is 14.5 Å². The van der Waals surface area contributed by atoms with E-state index in [0.29, 0.717) is 50.7 Å². The summed E-state index contributed by atoms with van der Waals surface area (Å²) in [6.07, 6.45) is 2.86. The van der Waals surface area contributed by atoms with Crippen molar-refractivity contribution in [2.45, 2.75) is 58.7 Å². The molecule has 5 heterocycles. The fourth-order valence-corrected chi connectivity index (χ4v) is 7.02. The number of fused-ring (bicyclic) bond motifs is 2. The first-order valence-electron chi connectivity index (χ1n) is 15.1. The van der Waals surface area contributed by atoms with Gasteiger partial charge in [0.15, 0.2) is 5.83 Å². The first-order valence-corrected chi connectivity index (χ1v) is 15.1. The number of aryl methyl sites for hydroxylation is 1. The zero-order valence-electron chi connectivity index (χ0n) is 25.4. The van der Waals surface area contributed by atoms with Gasteiger partial charge in [-0.05, 0) is 71.1 Å². The summed E-state index contributed by atoms with van der Waals surface area (Å²) in [5.41, 5.74) is 8.55. The van der Waals surface area contributed by atoms with E-state index in [1.165, 1.54) is 10.5 Å². The third-order valence-electron chi connectivity index (χ3n) is 9.32. The van der Waals surface area contributed by atoms with Crippen molar-refractivity contribution in [1.82, 2.24) is 14.8 Å². The van der Waals surface area contributed by atoms with Crippen LogP contribution in [0.4, 0.5) is 21.5 Å². The van der Waals surface area contributed by atoms with Gasteiger partial charge < -0.3 is 24.3 Å². The molecule has 2 saturated heterocycles. The van der Waals surface area contributed by atoms with E-state index in [9.17, 15) is 14.4 Å². The Kier molecular flexibility index (Phi) is 7.72. The highest BCUT2D eigenvalue weighted by atomic mass is 19.1. The summed E-state index contributed by atoms with van der Waals surface area (Å²) in [5, 5.41) is 10.5. The Balaban J connectivity index is 1.38. The Morgan fingerprint density at radius 1 is 1.21 bits per heavy atom. The van der Waals surface area contributed by atoms with Crippen molar-refractivity contribution in [3.05, 3.63) is 52.5 Å². The molecule has 0 bridgehead atoms. The number of benzene rings is 1. The lowest BCUT2D eigenvalue weighted by Crippen LogP contribution is -2.54. The fraction of sp³-hybridized carbons (Fsp3) is 0.485. The van der Waals surface area contributed by atoms with E-state index in [0.717, 1.165) is 65.4 Å². The van der Waals surface area contributed by atoms with Crippen molar-refractivity contribution in [1.29, 1.82) is 5.26 Å². The van der Waals surface area contributed by atoms with Crippen LogP contribution in [0.1, 0.15) is 54.6 Å². The van der Waals surface area contributed by atoms with E-state index >= 15 is 0 Å². The monoisotopic (exact) mass is 583 g/mol. The molecule has 0 aliphatic carbocycles. The minimum atomic E-state index is -0.954. The summed E-state index contributed by atoms with van der Waals surface area (Å²) >= 11 is 0. The van der Waals surface area contributed by atoms with Gasteiger partial charge in [0.05, 0.1) is 29.3 Å². The Labute approximate surface area is 252 Å². The summed E-state index contributed by atoms with van der Waals surface area (Å²) in [6, 6.07) is 6.58. The Bertz CT molecular complexity index is 1610. The van der Waals surface area contributed by atoms with E-state index in [-0.39, 0.29) is 12.1 Å². The van der Waals surface area contributed by atoms with Gasteiger partial charge in [-0.2, -0.15) is 5.26 Å². The molecule has 4 aliphatic heterocycles. The number of carbonyl (C=O) groups excluding carboxylic acids is 1. The highest BCUT2D eigenvalue weighted by Gasteiger charge is 2.35. The third-order valence-corrected chi connectivity index (χ3v) is 9.32. The number of hydrogen-bond donors (Lipinski definition) is 0. The number of likely N-dealkylation sites (N-methyl/N-ethyl adjacent to an activating group) is 1. The second-order valence-corrected chi connectivity index (χ2v) is 12.1. The van der Waals surface area contributed by atoms with E-state index < -0.39 is 11.7 Å². The number of halogens is 1. The minimum Gasteiger partial charge on any atom is -0.475 e. The van der Waals surface area contributed by atoms with E-state index in [4.69, 9.17) is 9.72 Å². The molecule has 10 heteroatoms. The Hall–Kier alpha value is -4.19. The number of anilines is 2. The molecule has 6 rings (SSSR count). The molecule has 2 atom stereocenters. The van der Waals surface area contributed by atoms with Crippen molar-refractivity contribution >= 4 is 34.4 Å². The number of likely N-dealkylation sites (tertiary alicyclic amines) is 1. The van der Waals surface area contributed by atoms with Gasteiger partial charge in [-0.15, -0.1) is 0 Å². The summed E-state index contributed by atoms with van der Waals surface area (Å²) in [5.74, 6) is 1.86. The van der Waals surface area contributed by atoms with Crippen molar-refractivity contribution in [3.8, 4) is 11.9 Å². The molecule has 43 heavy (non-hydrogen) atoms. The largest absolute Gasteiger partial charge is 0.475 e. The van der Waals surface area contributed by atoms with E-state index in [1.54, 1.807) is 0 Å². The average Bonchev–Trinajstić information content (AvgIpc) is 3.58. The van der Waals surface area contributed by atoms with Crippen molar-refractivity contribution in [3.63, 3.8) is 0 Å². The van der Waals surface area contributed by atoms with E-state index in [2.05, 4.69) is 58.2 Å². The predicted octanol–water partition coefficient (Wildman–Crippen LogP) is 4.54.